The molecule has 0 aromatic carbocycles. The van der Waals surface area contributed by atoms with Gasteiger partial charge in [-0.3, -0.25) is 4.79 Å². The quantitative estimate of drug-likeness (QED) is 0.290. The maximum atomic E-state index is 12.6. The predicted octanol–water partition coefficient (Wildman–Crippen LogP) is 7.54. The molecule has 0 spiro atoms. The molecule has 0 atom stereocenters. The van der Waals surface area contributed by atoms with Crippen LogP contribution in [0.1, 0.15) is 96.0 Å². The summed E-state index contributed by atoms with van der Waals surface area (Å²) in [7, 11) is 0. The molecule has 0 amide bonds. The first kappa shape index (κ1) is 21.3. The Morgan fingerprint density at radius 1 is 1.12 bits per heavy atom. The van der Waals surface area contributed by atoms with Crippen molar-refractivity contribution in [3.8, 4) is 5.06 Å². The van der Waals surface area contributed by atoms with E-state index >= 15 is 0 Å². The van der Waals surface area contributed by atoms with Gasteiger partial charge in [-0.1, -0.05) is 58.3 Å². The van der Waals surface area contributed by atoms with E-state index in [1.54, 1.807) is 0 Å². The molecule has 0 saturated heterocycles. The largest absolute Gasteiger partial charge is 0.415 e. The van der Waals surface area contributed by atoms with E-state index in [-0.39, 0.29) is 22.5 Å². The van der Waals surface area contributed by atoms with Crippen LogP contribution in [0.5, 0.6) is 5.06 Å². The summed E-state index contributed by atoms with van der Waals surface area (Å²) in [5, 5.41) is 1.64. The number of hydrogen-bond acceptors (Lipinski definition) is 3. The number of thiophene rings is 1. The number of carbonyl (C=O) groups excluding carboxylic acids is 1. The van der Waals surface area contributed by atoms with Crippen LogP contribution >= 0.6 is 11.3 Å². The van der Waals surface area contributed by atoms with E-state index < -0.39 is 6.43 Å². The smallest absolute Gasteiger partial charge is 0.315 e. The minimum atomic E-state index is -2.51. The average Bonchev–Trinajstić information content (AvgIpc) is 3.10. The van der Waals surface area contributed by atoms with Crippen molar-refractivity contribution in [2.45, 2.75) is 90.4 Å². The van der Waals surface area contributed by atoms with Crippen LogP contribution in [0.2, 0.25) is 0 Å². The molecule has 2 rings (SSSR count). The maximum absolute atomic E-state index is 12.6. The fraction of sp³-hybridized carbons (Fsp3) is 0.762. The first-order valence-electron chi connectivity index (χ1n) is 10.2. The third-order valence-electron chi connectivity index (χ3n) is 5.44. The molecular weight excluding hydrogens is 354 g/mol. The van der Waals surface area contributed by atoms with Crippen LogP contribution in [0.4, 0.5) is 8.78 Å². The summed E-state index contributed by atoms with van der Waals surface area (Å²) in [4.78, 5) is 12.2. The van der Waals surface area contributed by atoms with Crippen LogP contribution in [0.25, 0.3) is 0 Å². The molecular formula is C21H32F2O2S. The first-order chi connectivity index (χ1) is 12.6. The Morgan fingerprint density at radius 3 is 2.38 bits per heavy atom. The molecule has 148 valence electrons. The lowest BCUT2D eigenvalue weighted by molar-refractivity contribution is -0.140. The third kappa shape index (κ3) is 7.34. The number of rotatable bonds is 11. The molecule has 0 unspecified atom stereocenters. The number of alkyl halides is 2. The van der Waals surface area contributed by atoms with Gasteiger partial charge in [-0.15, -0.1) is 11.3 Å². The molecule has 0 N–H and O–H groups in total. The summed E-state index contributed by atoms with van der Waals surface area (Å²) in [6, 6.07) is 1.28. The minimum Gasteiger partial charge on any atom is -0.415 e. The van der Waals surface area contributed by atoms with Crippen LogP contribution in [0, 0.1) is 11.8 Å². The summed E-state index contributed by atoms with van der Waals surface area (Å²) in [6.07, 6.45) is 12.0. The summed E-state index contributed by atoms with van der Waals surface area (Å²) in [5.41, 5.74) is -0.0730. The summed E-state index contributed by atoms with van der Waals surface area (Å²) < 4.78 is 30.5. The topological polar surface area (TPSA) is 26.3 Å². The highest BCUT2D eigenvalue weighted by Gasteiger charge is 2.28. The predicted molar refractivity (Wildman–Crippen MR) is 103 cm³/mol. The van der Waals surface area contributed by atoms with Crippen molar-refractivity contribution in [1.29, 1.82) is 0 Å². The average molecular weight is 387 g/mol. The van der Waals surface area contributed by atoms with Gasteiger partial charge in [0.1, 0.15) is 0 Å². The molecule has 1 heterocycles. The highest BCUT2D eigenvalue weighted by molar-refractivity contribution is 7.12. The van der Waals surface area contributed by atoms with Crippen LogP contribution in [0.15, 0.2) is 11.4 Å². The van der Waals surface area contributed by atoms with Crippen molar-refractivity contribution in [3.05, 3.63) is 17.0 Å². The SMILES string of the molecule is CCCCCCCCC[C@H]1CC[C@H](C(=O)Oc2cc(C(F)F)cs2)CC1. The Bertz CT molecular complexity index is 522. The van der Waals surface area contributed by atoms with Gasteiger partial charge < -0.3 is 4.74 Å². The van der Waals surface area contributed by atoms with Crippen molar-refractivity contribution < 1.29 is 18.3 Å². The van der Waals surface area contributed by atoms with Crippen molar-refractivity contribution >= 4 is 17.3 Å². The van der Waals surface area contributed by atoms with E-state index in [0.29, 0.717) is 0 Å². The molecule has 1 aliphatic rings. The molecule has 1 aromatic heterocycles. The number of ether oxygens (including phenoxy) is 1. The lowest BCUT2D eigenvalue weighted by atomic mass is 9.80. The minimum absolute atomic E-state index is 0.0719. The van der Waals surface area contributed by atoms with Crippen molar-refractivity contribution in [1.82, 2.24) is 0 Å². The maximum Gasteiger partial charge on any atom is 0.315 e. The fourth-order valence-electron chi connectivity index (χ4n) is 3.76. The second kappa shape index (κ2) is 11.7. The lowest BCUT2D eigenvalue weighted by Crippen LogP contribution is -2.25. The van der Waals surface area contributed by atoms with E-state index in [0.717, 1.165) is 42.9 Å². The van der Waals surface area contributed by atoms with Gasteiger partial charge in [-0.2, -0.15) is 0 Å². The van der Waals surface area contributed by atoms with Gasteiger partial charge in [0.15, 0.2) is 5.06 Å². The fourth-order valence-corrected chi connectivity index (χ4v) is 4.52. The van der Waals surface area contributed by atoms with Gasteiger partial charge in [-0.25, -0.2) is 8.78 Å². The Morgan fingerprint density at radius 2 is 1.77 bits per heavy atom. The van der Waals surface area contributed by atoms with Gasteiger partial charge in [0, 0.05) is 17.0 Å². The number of unbranched alkanes of at least 4 members (excludes halogenated alkanes) is 6. The molecule has 1 aromatic rings. The van der Waals surface area contributed by atoms with E-state index in [2.05, 4.69) is 6.92 Å². The van der Waals surface area contributed by atoms with Crippen LogP contribution in [-0.4, -0.2) is 5.97 Å². The van der Waals surface area contributed by atoms with Gasteiger partial charge in [0.05, 0.1) is 5.92 Å². The summed E-state index contributed by atoms with van der Waals surface area (Å²) >= 11 is 1.07. The first-order valence-corrected chi connectivity index (χ1v) is 11.1. The third-order valence-corrected chi connectivity index (χ3v) is 6.27. The van der Waals surface area contributed by atoms with E-state index in [9.17, 15) is 13.6 Å². The molecule has 5 heteroatoms. The van der Waals surface area contributed by atoms with Crippen LogP contribution in [0.3, 0.4) is 0 Å². The molecule has 26 heavy (non-hydrogen) atoms. The molecule has 0 bridgehead atoms. The van der Waals surface area contributed by atoms with Gasteiger partial charge >= 0.3 is 5.97 Å². The molecule has 1 fully saturated rings. The van der Waals surface area contributed by atoms with E-state index in [4.69, 9.17) is 4.74 Å². The van der Waals surface area contributed by atoms with Crippen molar-refractivity contribution in [2.75, 3.05) is 0 Å². The number of hydrogen-bond donors (Lipinski definition) is 0. The Balaban J connectivity index is 1.59. The molecule has 1 aliphatic carbocycles. The standard InChI is InChI=1S/C21H32F2O2S/c1-2-3-4-5-6-7-8-9-16-10-12-17(13-11-16)21(24)25-19-14-18(15-26-19)20(22)23/h14-17,20H,2-13H2,1H3/t16-,17-. The number of esters is 1. The Labute approximate surface area is 160 Å². The normalized spacial score (nSPS) is 20.5. The molecule has 2 nitrogen and oxygen atoms in total. The second-order valence-corrected chi connectivity index (χ2v) is 8.42. The van der Waals surface area contributed by atoms with Gasteiger partial charge in [0.25, 0.3) is 6.43 Å². The summed E-state index contributed by atoms with van der Waals surface area (Å²) in [6.45, 7) is 2.24. The van der Waals surface area contributed by atoms with E-state index in [1.807, 2.05) is 0 Å². The lowest BCUT2D eigenvalue weighted by Gasteiger charge is -2.27. The zero-order valence-corrected chi connectivity index (χ0v) is 16.7. The molecule has 0 aliphatic heterocycles. The van der Waals surface area contributed by atoms with E-state index in [1.165, 1.54) is 62.8 Å². The summed E-state index contributed by atoms with van der Waals surface area (Å²) in [5.74, 6) is 0.418. The van der Waals surface area contributed by atoms with Crippen molar-refractivity contribution in [2.24, 2.45) is 11.8 Å². The highest BCUT2D eigenvalue weighted by Crippen LogP contribution is 2.35. The zero-order chi connectivity index (χ0) is 18.8. The Hall–Kier alpha value is -0.970. The second-order valence-electron chi connectivity index (χ2n) is 7.55. The van der Waals surface area contributed by atoms with Crippen molar-refractivity contribution in [3.63, 3.8) is 0 Å². The van der Waals surface area contributed by atoms with Gasteiger partial charge in [-0.05, 0) is 31.6 Å². The number of halogens is 2. The monoisotopic (exact) mass is 386 g/mol. The van der Waals surface area contributed by atoms with Gasteiger partial charge in [0.2, 0.25) is 0 Å². The highest BCUT2D eigenvalue weighted by atomic mass is 32.1. The zero-order valence-electron chi connectivity index (χ0n) is 15.9. The Kier molecular flexibility index (Phi) is 9.58. The van der Waals surface area contributed by atoms with Crippen LogP contribution in [-0.2, 0) is 4.79 Å². The molecule has 0 radical (unpaired) electrons. The molecule has 1 saturated carbocycles. The number of carbonyl (C=O) groups is 1. The van der Waals surface area contributed by atoms with Crippen LogP contribution < -0.4 is 4.74 Å².